The van der Waals surface area contributed by atoms with Crippen LogP contribution >= 0.6 is 0 Å². The van der Waals surface area contributed by atoms with Crippen molar-refractivity contribution in [3.8, 4) is 40.3 Å². The molecule has 0 amide bonds. The third kappa shape index (κ3) is 4.45. The summed E-state index contributed by atoms with van der Waals surface area (Å²) in [6.45, 7) is 0. The number of hydrogen-bond acceptors (Lipinski definition) is 2. The van der Waals surface area contributed by atoms with Crippen LogP contribution in [0.3, 0.4) is 0 Å². The van der Waals surface area contributed by atoms with E-state index < -0.39 is 0 Å². The summed E-state index contributed by atoms with van der Waals surface area (Å²) in [6.07, 6.45) is 0. The smallest absolute Gasteiger partial charge is 0.101 e. The molecule has 0 aliphatic heterocycles. The van der Waals surface area contributed by atoms with Crippen molar-refractivity contribution in [3.63, 3.8) is 0 Å². The second-order valence-electron chi connectivity index (χ2n) is 14.0. The molecule has 0 spiro atoms. The Bertz CT molecular complexity index is 3420. The van der Waals surface area contributed by atoms with Gasteiger partial charge in [0.05, 0.1) is 61.7 Å². The van der Waals surface area contributed by atoms with E-state index in [1.54, 1.807) is 0 Å². The van der Waals surface area contributed by atoms with Crippen molar-refractivity contribution in [2.24, 2.45) is 0 Å². The van der Waals surface area contributed by atoms with Crippen LogP contribution in [0.15, 0.2) is 176 Å². The van der Waals surface area contributed by atoms with Gasteiger partial charge in [0.15, 0.2) is 0 Å². The fourth-order valence-electron chi connectivity index (χ4n) is 8.75. The maximum absolute atomic E-state index is 10.4. The Labute approximate surface area is 316 Å². The molecule has 11 aromatic rings. The number of benzene rings is 8. The van der Waals surface area contributed by atoms with E-state index in [0.717, 1.165) is 61.0 Å². The van der Waals surface area contributed by atoms with Gasteiger partial charge in [-0.2, -0.15) is 10.5 Å². The molecule has 0 saturated heterocycles. The molecule has 0 aliphatic carbocycles. The summed E-state index contributed by atoms with van der Waals surface area (Å²) in [7, 11) is 0. The third-order valence-electron chi connectivity index (χ3n) is 11.1. The van der Waals surface area contributed by atoms with Crippen molar-refractivity contribution >= 4 is 65.4 Å². The highest BCUT2D eigenvalue weighted by Gasteiger charge is 2.21. The molecular weight excluding hydrogens is 671 g/mol. The summed E-state index contributed by atoms with van der Waals surface area (Å²) in [4.78, 5) is 0. The molecule has 3 heterocycles. The van der Waals surface area contributed by atoms with Gasteiger partial charge in [0, 0.05) is 38.0 Å². The quantitative estimate of drug-likeness (QED) is 0.184. The Morgan fingerprint density at radius 2 is 0.873 bits per heavy atom. The fourth-order valence-corrected chi connectivity index (χ4v) is 8.75. The molecule has 8 aromatic carbocycles. The van der Waals surface area contributed by atoms with Crippen molar-refractivity contribution in [2.45, 2.75) is 0 Å². The first-order valence-electron chi connectivity index (χ1n) is 18.3. The average molecular weight is 700 g/mol. The maximum atomic E-state index is 10.4. The zero-order valence-corrected chi connectivity index (χ0v) is 29.5. The van der Waals surface area contributed by atoms with E-state index >= 15 is 0 Å². The summed E-state index contributed by atoms with van der Waals surface area (Å²) in [5.74, 6) is 0. The van der Waals surface area contributed by atoms with Gasteiger partial charge in [-0.3, -0.25) is 0 Å². The van der Waals surface area contributed by atoms with E-state index in [-0.39, 0.29) is 0 Å². The van der Waals surface area contributed by atoms with E-state index in [9.17, 15) is 10.5 Å². The van der Waals surface area contributed by atoms with Gasteiger partial charge in [-0.05, 0) is 83.9 Å². The minimum Gasteiger partial charge on any atom is -0.308 e. The highest BCUT2D eigenvalue weighted by Crippen LogP contribution is 2.41. The number of nitriles is 2. The van der Waals surface area contributed by atoms with Crippen LogP contribution in [0.2, 0.25) is 0 Å². The molecule has 0 N–H and O–H groups in total. The van der Waals surface area contributed by atoms with Gasteiger partial charge < -0.3 is 13.7 Å². The van der Waals surface area contributed by atoms with E-state index in [1.165, 1.54) is 32.6 Å². The van der Waals surface area contributed by atoms with Crippen LogP contribution in [-0.2, 0) is 0 Å². The summed E-state index contributed by atoms with van der Waals surface area (Å²) >= 11 is 0. The standard InChI is InChI=1S/C50H29N5/c51-30-32-23-26-47-42(27-32)40-16-4-8-21-46(40)55(47)49-29-34(24-25-35(49)31-52)33-11-9-12-36(28-33)53-43-18-5-3-15-39(43)41-17-10-22-48(50(41)53)54-44-19-6-1-13-37(44)38-14-2-7-20-45(38)54/h1-29H. The van der Waals surface area contributed by atoms with Crippen molar-refractivity contribution in [1.29, 1.82) is 10.5 Å². The van der Waals surface area contributed by atoms with Crippen LogP contribution in [0, 0.1) is 22.7 Å². The van der Waals surface area contributed by atoms with Crippen LogP contribution in [0.25, 0.3) is 93.6 Å². The monoisotopic (exact) mass is 699 g/mol. The van der Waals surface area contributed by atoms with E-state index in [2.05, 4.69) is 159 Å². The zero-order valence-electron chi connectivity index (χ0n) is 29.5. The number of nitrogens with zero attached hydrogens (tertiary/aromatic N) is 5. The summed E-state index contributed by atoms with van der Waals surface area (Å²) in [5, 5.41) is 26.9. The molecule has 0 radical (unpaired) electrons. The molecule has 11 rings (SSSR count). The van der Waals surface area contributed by atoms with Gasteiger partial charge in [-0.25, -0.2) is 0 Å². The molecule has 0 atom stereocenters. The van der Waals surface area contributed by atoms with Crippen molar-refractivity contribution in [2.75, 3.05) is 0 Å². The largest absolute Gasteiger partial charge is 0.308 e. The molecule has 0 saturated carbocycles. The summed E-state index contributed by atoms with van der Waals surface area (Å²) < 4.78 is 6.96. The molecule has 3 aromatic heterocycles. The second kappa shape index (κ2) is 11.8. The van der Waals surface area contributed by atoms with Gasteiger partial charge >= 0.3 is 0 Å². The number of hydrogen-bond donors (Lipinski definition) is 0. The third-order valence-corrected chi connectivity index (χ3v) is 11.1. The van der Waals surface area contributed by atoms with E-state index in [4.69, 9.17) is 0 Å². The number of aromatic nitrogens is 3. The second-order valence-corrected chi connectivity index (χ2v) is 14.0. The van der Waals surface area contributed by atoms with Crippen LogP contribution in [0.5, 0.6) is 0 Å². The topological polar surface area (TPSA) is 62.4 Å². The van der Waals surface area contributed by atoms with Crippen LogP contribution in [0.1, 0.15) is 11.1 Å². The Morgan fingerprint density at radius 1 is 0.345 bits per heavy atom. The van der Waals surface area contributed by atoms with Gasteiger partial charge in [-0.1, -0.05) is 103 Å². The maximum Gasteiger partial charge on any atom is 0.101 e. The van der Waals surface area contributed by atoms with Gasteiger partial charge in [0.2, 0.25) is 0 Å². The molecule has 55 heavy (non-hydrogen) atoms. The molecule has 5 heteroatoms. The predicted molar refractivity (Wildman–Crippen MR) is 224 cm³/mol. The molecule has 5 nitrogen and oxygen atoms in total. The first-order valence-corrected chi connectivity index (χ1v) is 18.3. The predicted octanol–water partition coefficient (Wildman–Crippen LogP) is 12.4. The lowest BCUT2D eigenvalue weighted by molar-refractivity contribution is 1.13. The molecular formula is C50H29N5. The highest BCUT2D eigenvalue weighted by molar-refractivity contribution is 6.15. The van der Waals surface area contributed by atoms with Crippen LogP contribution in [0.4, 0.5) is 0 Å². The van der Waals surface area contributed by atoms with Crippen LogP contribution < -0.4 is 0 Å². The Balaban J connectivity index is 1.15. The first kappa shape index (κ1) is 30.7. The molecule has 254 valence electrons. The SMILES string of the molecule is N#Cc1ccc2c(c1)c1ccccc1n2-c1cc(-c2cccc(-n3c4ccccc4c4cccc(-n5c6ccccc6c6ccccc65)c43)c2)ccc1C#N. The Kier molecular flexibility index (Phi) is 6.61. The normalized spacial score (nSPS) is 11.6. The first-order chi connectivity index (χ1) is 27.2. The lowest BCUT2D eigenvalue weighted by Crippen LogP contribution is -2.01. The number of rotatable bonds is 4. The molecule has 0 aliphatic rings. The van der Waals surface area contributed by atoms with Gasteiger partial charge in [0.25, 0.3) is 0 Å². The zero-order chi connectivity index (χ0) is 36.6. The minimum atomic E-state index is 0.574. The highest BCUT2D eigenvalue weighted by atomic mass is 15.1. The lowest BCUT2D eigenvalue weighted by atomic mass is 10.0. The fraction of sp³-hybridized carbons (Fsp3) is 0. The number of fused-ring (bicyclic) bond motifs is 9. The van der Waals surface area contributed by atoms with Crippen LogP contribution in [-0.4, -0.2) is 13.7 Å². The van der Waals surface area contributed by atoms with Crippen molar-refractivity contribution in [3.05, 3.63) is 187 Å². The van der Waals surface area contributed by atoms with E-state index in [1.807, 2.05) is 42.5 Å². The molecule has 0 bridgehead atoms. The minimum absolute atomic E-state index is 0.574. The summed E-state index contributed by atoms with van der Waals surface area (Å²) in [5.41, 5.74) is 12.7. The Hall–Kier alpha value is -7.86. The van der Waals surface area contributed by atoms with Gasteiger partial charge in [0.1, 0.15) is 6.07 Å². The Morgan fingerprint density at radius 3 is 1.53 bits per heavy atom. The van der Waals surface area contributed by atoms with Gasteiger partial charge in [-0.15, -0.1) is 0 Å². The molecule has 0 fully saturated rings. The van der Waals surface area contributed by atoms with E-state index in [0.29, 0.717) is 11.1 Å². The molecule has 0 unspecified atom stereocenters. The lowest BCUT2D eigenvalue weighted by Gasteiger charge is -2.16. The average Bonchev–Trinajstić information content (AvgIpc) is 3.89. The number of para-hydroxylation sites is 5. The summed E-state index contributed by atoms with van der Waals surface area (Å²) in [6, 6.07) is 66.1. The van der Waals surface area contributed by atoms with Crippen molar-refractivity contribution in [1.82, 2.24) is 13.7 Å². The van der Waals surface area contributed by atoms with Crippen molar-refractivity contribution < 1.29 is 0 Å².